The summed E-state index contributed by atoms with van der Waals surface area (Å²) in [4.78, 5) is 10.4. The molecule has 1 aliphatic carbocycles. The summed E-state index contributed by atoms with van der Waals surface area (Å²) in [5.41, 5.74) is 0. The van der Waals surface area contributed by atoms with E-state index in [-0.39, 0.29) is 31.7 Å². The van der Waals surface area contributed by atoms with E-state index in [4.69, 9.17) is 5.11 Å². The molecule has 0 aliphatic heterocycles. The standard InChI is InChI=1S/C9H11F2N3O2/c10-9(11)3-6(4-9)8-13-12-5-14(8)2-1-7(15)16/h5-6H,1-4H2,(H,15,16). The van der Waals surface area contributed by atoms with E-state index >= 15 is 0 Å². The van der Waals surface area contributed by atoms with E-state index in [0.717, 1.165) is 0 Å². The quantitative estimate of drug-likeness (QED) is 0.847. The van der Waals surface area contributed by atoms with Crippen LogP contribution in [0.1, 0.15) is 31.0 Å². The highest BCUT2D eigenvalue weighted by molar-refractivity contribution is 5.66. The van der Waals surface area contributed by atoms with Crippen molar-refractivity contribution in [3.63, 3.8) is 0 Å². The summed E-state index contributed by atoms with van der Waals surface area (Å²) < 4.78 is 26.9. The maximum absolute atomic E-state index is 12.7. The van der Waals surface area contributed by atoms with Gasteiger partial charge in [-0.2, -0.15) is 0 Å². The van der Waals surface area contributed by atoms with Gasteiger partial charge in [-0.15, -0.1) is 10.2 Å². The second-order valence-corrected chi connectivity index (χ2v) is 3.99. The van der Waals surface area contributed by atoms with Gasteiger partial charge in [-0.25, -0.2) is 8.78 Å². The molecule has 88 valence electrons. The highest BCUT2D eigenvalue weighted by atomic mass is 19.3. The molecule has 1 saturated carbocycles. The number of hydrogen-bond donors (Lipinski definition) is 1. The molecule has 7 heteroatoms. The molecule has 0 unspecified atom stereocenters. The number of carboxylic acids is 1. The number of halogens is 2. The summed E-state index contributed by atoms with van der Waals surface area (Å²) in [6.07, 6.45) is 0.875. The average molecular weight is 231 g/mol. The van der Waals surface area contributed by atoms with Gasteiger partial charge in [-0.05, 0) is 0 Å². The van der Waals surface area contributed by atoms with E-state index in [1.807, 2.05) is 0 Å². The minimum absolute atomic E-state index is 0.0614. The Hall–Kier alpha value is -1.53. The minimum atomic E-state index is -2.60. The predicted molar refractivity (Wildman–Crippen MR) is 49.2 cm³/mol. The van der Waals surface area contributed by atoms with Crippen molar-refractivity contribution in [2.75, 3.05) is 0 Å². The van der Waals surface area contributed by atoms with Crippen LogP contribution in [0.4, 0.5) is 8.78 Å². The van der Waals surface area contributed by atoms with Crippen molar-refractivity contribution in [2.24, 2.45) is 0 Å². The SMILES string of the molecule is O=C(O)CCn1cnnc1C1CC(F)(F)C1. The van der Waals surface area contributed by atoms with Crippen molar-refractivity contribution in [1.82, 2.24) is 14.8 Å². The van der Waals surface area contributed by atoms with Crippen LogP contribution in [0.2, 0.25) is 0 Å². The molecule has 5 nitrogen and oxygen atoms in total. The van der Waals surface area contributed by atoms with Crippen molar-refractivity contribution in [2.45, 2.75) is 37.6 Å². The summed E-state index contributed by atoms with van der Waals surface area (Å²) in [6.45, 7) is 0.222. The molecule has 0 atom stereocenters. The van der Waals surface area contributed by atoms with Gasteiger partial charge < -0.3 is 9.67 Å². The van der Waals surface area contributed by atoms with Crippen LogP contribution in [-0.2, 0) is 11.3 Å². The highest BCUT2D eigenvalue weighted by Gasteiger charge is 2.47. The molecule has 1 N–H and O–H groups in total. The Morgan fingerprint density at radius 1 is 1.62 bits per heavy atom. The second kappa shape index (κ2) is 3.80. The number of carboxylic acid groups (broad SMARTS) is 1. The van der Waals surface area contributed by atoms with Gasteiger partial charge in [-0.1, -0.05) is 0 Å². The number of hydrogen-bond acceptors (Lipinski definition) is 3. The van der Waals surface area contributed by atoms with Crippen LogP contribution in [0.25, 0.3) is 0 Å². The van der Waals surface area contributed by atoms with Crippen molar-refractivity contribution in [3.05, 3.63) is 12.2 Å². The van der Waals surface area contributed by atoms with Crippen molar-refractivity contribution >= 4 is 5.97 Å². The van der Waals surface area contributed by atoms with Crippen molar-refractivity contribution in [1.29, 1.82) is 0 Å². The fraction of sp³-hybridized carbons (Fsp3) is 0.667. The number of aryl methyl sites for hydroxylation is 1. The number of aromatic nitrogens is 3. The molecule has 0 radical (unpaired) electrons. The van der Waals surface area contributed by atoms with Crippen LogP contribution in [0.5, 0.6) is 0 Å². The first kappa shape index (κ1) is 11.0. The monoisotopic (exact) mass is 231 g/mol. The molecular weight excluding hydrogens is 220 g/mol. The van der Waals surface area contributed by atoms with Gasteiger partial charge in [0.05, 0.1) is 6.42 Å². The number of aliphatic carboxylic acids is 1. The van der Waals surface area contributed by atoms with Gasteiger partial charge in [-0.3, -0.25) is 4.79 Å². The molecule has 1 heterocycles. The first-order valence-electron chi connectivity index (χ1n) is 4.95. The van der Waals surface area contributed by atoms with Crippen molar-refractivity contribution in [3.8, 4) is 0 Å². The highest BCUT2D eigenvalue weighted by Crippen LogP contribution is 2.47. The minimum Gasteiger partial charge on any atom is -0.481 e. The van der Waals surface area contributed by atoms with Crippen molar-refractivity contribution < 1.29 is 18.7 Å². The predicted octanol–water partition coefficient (Wildman–Crippen LogP) is 1.27. The van der Waals surface area contributed by atoms with E-state index in [2.05, 4.69) is 10.2 Å². The number of nitrogens with zero attached hydrogens (tertiary/aromatic N) is 3. The van der Waals surface area contributed by atoms with Crippen LogP contribution in [0.15, 0.2) is 6.33 Å². The topological polar surface area (TPSA) is 68.0 Å². The molecule has 2 rings (SSSR count). The van der Waals surface area contributed by atoms with Crippen LogP contribution < -0.4 is 0 Å². The maximum atomic E-state index is 12.7. The van der Waals surface area contributed by atoms with Crippen LogP contribution in [0, 0.1) is 0 Å². The summed E-state index contributed by atoms with van der Waals surface area (Å²) >= 11 is 0. The summed E-state index contributed by atoms with van der Waals surface area (Å²) in [5, 5.41) is 15.9. The Labute approximate surface area is 90.1 Å². The third kappa shape index (κ3) is 2.17. The van der Waals surface area contributed by atoms with Gasteiger partial charge in [0.15, 0.2) is 0 Å². The fourth-order valence-corrected chi connectivity index (χ4v) is 1.81. The molecule has 16 heavy (non-hydrogen) atoms. The first-order chi connectivity index (χ1) is 7.48. The van der Waals surface area contributed by atoms with E-state index in [0.29, 0.717) is 5.82 Å². The van der Waals surface area contributed by atoms with Gasteiger partial charge in [0.25, 0.3) is 0 Å². The Balaban J connectivity index is 2.00. The Morgan fingerprint density at radius 3 is 2.88 bits per heavy atom. The smallest absolute Gasteiger partial charge is 0.305 e. The van der Waals surface area contributed by atoms with Gasteiger partial charge in [0.1, 0.15) is 12.2 Å². The molecule has 0 aromatic carbocycles. The lowest BCUT2D eigenvalue weighted by Crippen LogP contribution is -2.35. The van der Waals surface area contributed by atoms with Crippen LogP contribution in [0.3, 0.4) is 0 Å². The summed E-state index contributed by atoms with van der Waals surface area (Å²) in [6, 6.07) is 0. The zero-order valence-corrected chi connectivity index (χ0v) is 8.44. The largest absolute Gasteiger partial charge is 0.481 e. The molecule has 0 spiro atoms. The van der Waals surface area contributed by atoms with E-state index in [1.165, 1.54) is 10.9 Å². The third-order valence-electron chi connectivity index (χ3n) is 2.67. The Bertz CT molecular complexity index is 397. The van der Waals surface area contributed by atoms with Gasteiger partial charge >= 0.3 is 5.97 Å². The lowest BCUT2D eigenvalue weighted by atomic mass is 9.81. The molecular formula is C9H11F2N3O2. The molecule has 0 amide bonds. The van der Waals surface area contributed by atoms with Gasteiger partial charge in [0, 0.05) is 25.3 Å². The molecule has 1 aliphatic rings. The van der Waals surface area contributed by atoms with Crippen LogP contribution >= 0.6 is 0 Å². The Kier molecular flexibility index (Phi) is 2.61. The molecule has 1 aromatic heterocycles. The third-order valence-corrected chi connectivity index (χ3v) is 2.67. The maximum Gasteiger partial charge on any atom is 0.305 e. The fourth-order valence-electron chi connectivity index (χ4n) is 1.81. The van der Waals surface area contributed by atoms with E-state index in [9.17, 15) is 13.6 Å². The number of rotatable bonds is 4. The summed E-state index contributed by atoms with van der Waals surface area (Å²) in [5.74, 6) is -3.37. The second-order valence-electron chi connectivity index (χ2n) is 3.99. The van der Waals surface area contributed by atoms with Crippen LogP contribution in [-0.4, -0.2) is 31.8 Å². The van der Waals surface area contributed by atoms with E-state index in [1.54, 1.807) is 0 Å². The zero-order chi connectivity index (χ0) is 11.8. The normalized spacial score (nSPS) is 19.4. The molecule has 1 fully saturated rings. The zero-order valence-electron chi connectivity index (χ0n) is 8.44. The van der Waals surface area contributed by atoms with E-state index < -0.39 is 11.9 Å². The lowest BCUT2D eigenvalue weighted by Gasteiger charge is -2.34. The molecule has 1 aromatic rings. The number of carbonyl (C=O) groups is 1. The Morgan fingerprint density at radius 2 is 2.31 bits per heavy atom. The lowest BCUT2D eigenvalue weighted by molar-refractivity contribution is -0.137. The van der Waals surface area contributed by atoms with Gasteiger partial charge in [0.2, 0.25) is 5.92 Å². The summed E-state index contributed by atoms with van der Waals surface area (Å²) in [7, 11) is 0. The molecule has 0 saturated heterocycles. The first-order valence-corrected chi connectivity index (χ1v) is 4.95. The average Bonchev–Trinajstić information content (AvgIpc) is 2.58. The molecule has 0 bridgehead atoms. The number of alkyl halides is 2.